The van der Waals surface area contributed by atoms with Crippen molar-refractivity contribution < 1.29 is 0 Å². The lowest BCUT2D eigenvalue weighted by atomic mass is 10.0. The van der Waals surface area contributed by atoms with E-state index in [0.29, 0.717) is 11.1 Å². The summed E-state index contributed by atoms with van der Waals surface area (Å²) in [7, 11) is 0. The van der Waals surface area contributed by atoms with E-state index < -0.39 is 0 Å². The third kappa shape index (κ3) is 1.95. The number of nitrogens with one attached hydrogen (secondary N) is 1. The summed E-state index contributed by atoms with van der Waals surface area (Å²) in [5.74, 6) is 0. The van der Waals surface area contributed by atoms with Crippen LogP contribution in [-0.2, 0) is 0 Å². The van der Waals surface area contributed by atoms with Crippen LogP contribution in [0.25, 0.3) is 11.3 Å². The standard InChI is InChI=1S/C13H11N3O/c1-8-9(2)13(17)16-15-12(8)11-5-3-10(7-14)4-6-11/h3-6H,1-2H3,(H,16,17). The summed E-state index contributed by atoms with van der Waals surface area (Å²) in [4.78, 5) is 11.4. The summed E-state index contributed by atoms with van der Waals surface area (Å²) < 4.78 is 0. The van der Waals surface area contributed by atoms with E-state index in [1.54, 1.807) is 19.1 Å². The summed E-state index contributed by atoms with van der Waals surface area (Å²) in [5.41, 5.74) is 3.60. The molecule has 4 heteroatoms. The van der Waals surface area contributed by atoms with Crippen LogP contribution < -0.4 is 5.56 Å². The zero-order valence-electron chi connectivity index (χ0n) is 9.61. The summed E-state index contributed by atoms with van der Waals surface area (Å²) >= 11 is 0. The topological polar surface area (TPSA) is 69.5 Å². The van der Waals surface area contributed by atoms with E-state index in [4.69, 9.17) is 5.26 Å². The molecule has 0 aliphatic heterocycles. The molecule has 0 atom stereocenters. The molecule has 0 aliphatic rings. The molecular weight excluding hydrogens is 214 g/mol. The highest BCUT2D eigenvalue weighted by atomic mass is 16.1. The van der Waals surface area contributed by atoms with Crippen molar-refractivity contribution in [2.45, 2.75) is 13.8 Å². The molecule has 17 heavy (non-hydrogen) atoms. The lowest BCUT2D eigenvalue weighted by molar-refractivity contribution is 0.959. The van der Waals surface area contributed by atoms with Gasteiger partial charge < -0.3 is 0 Å². The lowest BCUT2D eigenvalue weighted by Gasteiger charge is -2.06. The molecule has 84 valence electrons. The number of aromatic amines is 1. The molecular formula is C13H11N3O. The average molecular weight is 225 g/mol. The Bertz CT molecular complexity index is 648. The highest BCUT2D eigenvalue weighted by molar-refractivity contribution is 5.64. The van der Waals surface area contributed by atoms with Crippen molar-refractivity contribution >= 4 is 0 Å². The first-order valence-electron chi connectivity index (χ1n) is 5.20. The Morgan fingerprint density at radius 3 is 2.41 bits per heavy atom. The van der Waals surface area contributed by atoms with Gasteiger partial charge >= 0.3 is 0 Å². The van der Waals surface area contributed by atoms with E-state index >= 15 is 0 Å². The molecule has 0 radical (unpaired) electrons. The number of nitriles is 1. The van der Waals surface area contributed by atoms with Crippen molar-refractivity contribution in [1.29, 1.82) is 5.26 Å². The molecule has 1 heterocycles. The van der Waals surface area contributed by atoms with Gasteiger partial charge in [0.2, 0.25) is 0 Å². The number of hydrogen-bond donors (Lipinski definition) is 1. The van der Waals surface area contributed by atoms with Gasteiger partial charge in [0, 0.05) is 11.1 Å². The van der Waals surface area contributed by atoms with Gasteiger partial charge in [-0.2, -0.15) is 10.4 Å². The third-order valence-corrected chi connectivity index (χ3v) is 2.81. The number of aromatic nitrogens is 2. The quantitative estimate of drug-likeness (QED) is 0.806. The Balaban J connectivity index is 2.58. The first-order chi connectivity index (χ1) is 8.13. The molecule has 4 nitrogen and oxygen atoms in total. The average Bonchev–Trinajstić information content (AvgIpc) is 2.36. The van der Waals surface area contributed by atoms with E-state index in [1.165, 1.54) is 0 Å². The number of rotatable bonds is 1. The maximum Gasteiger partial charge on any atom is 0.267 e. The normalized spacial score (nSPS) is 9.94. The predicted octanol–water partition coefficient (Wildman–Crippen LogP) is 1.93. The van der Waals surface area contributed by atoms with Crippen LogP contribution in [0.2, 0.25) is 0 Å². The van der Waals surface area contributed by atoms with Crippen LogP contribution in [0.15, 0.2) is 29.1 Å². The fourth-order valence-electron chi connectivity index (χ4n) is 1.61. The zero-order valence-corrected chi connectivity index (χ0v) is 9.61. The Kier molecular flexibility index (Phi) is 2.75. The molecule has 0 fully saturated rings. The summed E-state index contributed by atoms with van der Waals surface area (Å²) in [6.45, 7) is 3.63. The molecule has 2 rings (SSSR count). The molecule has 0 unspecified atom stereocenters. The van der Waals surface area contributed by atoms with E-state index in [0.717, 1.165) is 16.8 Å². The van der Waals surface area contributed by atoms with Gasteiger partial charge in [-0.25, -0.2) is 5.10 Å². The van der Waals surface area contributed by atoms with Crippen LogP contribution in [0.1, 0.15) is 16.7 Å². The SMILES string of the molecule is Cc1c(-c2ccc(C#N)cc2)n[nH]c(=O)c1C. The minimum absolute atomic E-state index is 0.167. The van der Waals surface area contributed by atoms with Gasteiger partial charge in [-0.1, -0.05) is 12.1 Å². The monoisotopic (exact) mass is 225 g/mol. The van der Waals surface area contributed by atoms with E-state index in [1.807, 2.05) is 19.1 Å². The molecule has 0 spiro atoms. The van der Waals surface area contributed by atoms with E-state index in [-0.39, 0.29) is 5.56 Å². The highest BCUT2D eigenvalue weighted by Crippen LogP contribution is 2.20. The minimum Gasteiger partial charge on any atom is -0.268 e. The van der Waals surface area contributed by atoms with Crippen molar-refractivity contribution in [1.82, 2.24) is 10.2 Å². The number of hydrogen-bond acceptors (Lipinski definition) is 3. The molecule has 0 saturated heterocycles. The summed E-state index contributed by atoms with van der Waals surface area (Å²) in [5, 5.41) is 15.2. The van der Waals surface area contributed by atoms with Crippen molar-refractivity contribution in [3.05, 3.63) is 51.3 Å². The highest BCUT2D eigenvalue weighted by Gasteiger charge is 2.08. The Morgan fingerprint density at radius 2 is 1.82 bits per heavy atom. The van der Waals surface area contributed by atoms with Gasteiger partial charge in [0.1, 0.15) is 0 Å². The largest absolute Gasteiger partial charge is 0.268 e. The summed E-state index contributed by atoms with van der Waals surface area (Å²) in [6.07, 6.45) is 0. The zero-order chi connectivity index (χ0) is 12.4. The fraction of sp³-hybridized carbons (Fsp3) is 0.154. The van der Waals surface area contributed by atoms with Crippen LogP contribution in [-0.4, -0.2) is 10.2 Å². The van der Waals surface area contributed by atoms with Gasteiger partial charge in [0.15, 0.2) is 0 Å². The van der Waals surface area contributed by atoms with E-state index in [9.17, 15) is 4.79 Å². The molecule has 0 bridgehead atoms. The van der Waals surface area contributed by atoms with Crippen LogP contribution in [0.3, 0.4) is 0 Å². The van der Waals surface area contributed by atoms with Gasteiger partial charge in [-0.05, 0) is 31.5 Å². The second-order valence-corrected chi connectivity index (χ2v) is 3.84. The Morgan fingerprint density at radius 1 is 1.18 bits per heavy atom. The first kappa shape index (κ1) is 11.1. The van der Waals surface area contributed by atoms with Gasteiger partial charge in [0.25, 0.3) is 5.56 Å². The minimum atomic E-state index is -0.167. The Hall–Kier alpha value is -2.41. The lowest BCUT2D eigenvalue weighted by Crippen LogP contribution is -2.14. The van der Waals surface area contributed by atoms with Crippen LogP contribution >= 0.6 is 0 Å². The first-order valence-corrected chi connectivity index (χ1v) is 5.20. The predicted molar refractivity (Wildman–Crippen MR) is 64.5 cm³/mol. The Labute approximate surface area is 98.5 Å². The van der Waals surface area contributed by atoms with Crippen molar-refractivity contribution in [3.63, 3.8) is 0 Å². The van der Waals surface area contributed by atoms with Gasteiger partial charge in [0.05, 0.1) is 17.3 Å². The molecule has 1 aromatic heterocycles. The second-order valence-electron chi connectivity index (χ2n) is 3.84. The molecule has 1 N–H and O–H groups in total. The van der Waals surface area contributed by atoms with Crippen LogP contribution in [0.4, 0.5) is 0 Å². The van der Waals surface area contributed by atoms with Crippen LogP contribution in [0.5, 0.6) is 0 Å². The van der Waals surface area contributed by atoms with Crippen molar-refractivity contribution in [2.24, 2.45) is 0 Å². The van der Waals surface area contributed by atoms with Gasteiger partial charge in [-0.3, -0.25) is 4.79 Å². The van der Waals surface area contributed by atoms with E-state index in [2.05, 4.69) is 16.3 Å². The summed E-state index contributed by atoms with van der Waals surface area (Å²) in [6, 6.07) is 9.18. The third-order valence-electron chi connectivity index (χ3n) is 2.81. The number of benzene rings is 1. The smallest absolute Gasteiger partial charge is 0.267 e. The van der Waals surface area contributed by atoms with Crippen molar-refractivity contribution in [2.75, 3.05) is 0 Å². The molecule has 2 aromatic rings. The second kappa shape index (κ2) is 4.22. The van der Waals surface area contributed by atoms with Crippen LogP contribution in [0, 0.1) is 25.2 Å². The van der Waals surface area contributed by atoms with Crippen molar-refractivity contribution in [3.8, 4) is 17.3 Å². The molecule has 0 amide bonds. The molecule has 0 saturated carbocycles. The fourth-order valence-corrected chi connectivity index (χ4v) is 1.61. The van der Waals surface area contributed by atoms with Gasteiger partial charge in [-0.15, -0.1) is 0 Å². The number of H-pyrrole nitrogens is 1. The maximum atomic E-state index is 11.4. The molecule has 1 aromatic carbocycles. The number of nitrogens with zero attached hydrogens (tertiary/aromatic N) is 2. The molecule has 0 aliphatic carbocycles. The maximum absolute atomic E-state index is 11.4.